The predicted molar refractivity (Wildman–Crippen MR) is 121 cm³/mol. The maximum atomic E-state index is 11.0. The fraction of sp³-hybridized carbons (Fsp3) is 0.609. The summed E-state index contributed by atoms with van der Waals surface area (Å²) < 4.78 is 5.92. The summed E-state index contributed by atoms with van der Waals surface area (Å²) in [7, 11) is 1.81. The van der Waals surface area contributed by atoms with E-state index >= 15 is 0 Å². The second-order valence-electron chi connectivity index (χ2n) is 9.86. The fourth-order valence-electron chi connectivity index (χ4n) is 3.99. The SMILES string of the molecule is COC1(c2nc(-c3cc(C(C)(C)C)c(O)c(C(C)(C)C)c3)cs2)CCCC1.Cl. The molecule has 0 bridgehead atoms. The zero-order valence-electron chi connectivity index (χ0n) is 18.2. The average molecular weight is 424 g/mol. The van der Waals surface area contributed by atoms with Crippen LogP contribution in [0.4, 0.5) is 0 Å². The zero-order valence-corrected chi connectivity index (χ0v) is 19.8. The minimum atomic E-state index is -0.209. The van der Waals surface area contributed by atoms with E-state index in [1.807, 2.05) is 7.11 Å². The second kappa shape index (κ2) is 7.97. The molecule has 1 aliphatic rings. The number of nitrogens with zero attached hydrogens (tertiary/aromatic N) is 1. The van der Waals surface area contributed by atoms with Crippen LogP contribution in [0.15, 0.2) is 17.5 Å². The largest absolute Gasteiger partial charge is 0.507 e. The van der Waals surface area contributed by atoms with Crippen molar-refractivity contribution in [2.24, 2.45) is 0 Å². The van der Waals surface area contributed by atoms with Gasteiger partial charge in [0.1, 0.15) is 16.4 Å². The van der Waals surface area contributed by atoms with E-state index in [4.69, 9.17) is 9.72 Å². The Labute approximate surface area is 180 Å². The first-order valence-corrected chi connectivity index (χ1v) is 10.8. The van der Waals surface area contributed by atoms with E-state index in [-0.39, 0.29) is 28.8 Å². The van der Waals surface area contributed by atoms with Crippen LogP contribution in [0.5, 0.6) is 5.75 Å². The van der Waals surface area contributed by atoms with Gasteiger partial charge in [-0.2, -0.15) is 0 Å². The van der Waals surface area contributed by atoms with E-state index < -0.39 is 0 Å². The Morgan fingerprint density at radius 2 is 1.50 bits per heavy atom. The Morgan fingerprint density at radius 3 is 1.93 bits per heavy atom. The highest BCUT2D eigenvalue weighted by atomic mass is 35.5. The van der Waals surface area contributed by atoms with Crippen molar-refractivity contribution < 1.29 is 9.84 Å². The molecule has 5 heteroatoms. The van der Waals surface area contributed by atoms with Crippen LogP contribution in [0.1, 0.15) is 83.4 Å². The van der Waals surface area contributed by atoms with E-state index in [1.165, 1.54) is 12.8 Å². The van der Waals surface area contributed by atoms with E-state index in [1.54, 1.807) is 11.3 Å². The molecule has 0 saturated heterocycles. The van der Waals surface area contributed by atoms with Crippen LogP contribution in [0.2, 0.25) is 0 Å². The summed E-state index contributed by atoms with van der Waals surface area (Å²) >= 11 is 1.70. The predicted octanol–water partition coefficient (Wildman–Crippen LogP) is 6.95. The lowest BCUT2D eigenvalue weighted by atomic mass is 9.78. The fourth-order valence-corrected chi connectivity index (χ4v) is 5.06. The molecule has 28 heavy (non-hydrogen) atoms. The third-order valence-electron chi connectivity index (χ3n) is 5.72. The number of hydrogen-bond donors (Lipinski definition) is 1. The molecule has 1 heterocycles. The van der Waals surface area contributed by atoms with Gasteiger partial charge in [-0.3, -0.25) is 0 Å². The number of phenols is 1. The first kappa shape index (κ1) is 23.2. The molecular weight excluding hydrogens is 390 g/mol. The number of aromatic hydroxyl groups is 1. The number of ether oxygens (including phenoxy) is 1. The maximum Gasteiger partial charge on any atom is 0.125 e. The lowest BCUT2D eigenvalue weighted by molar-refractivity contribution is -0.00879. The molecule has 2 aromatic rings. The van der Waals surface area contributed by atoms with Crippen molar-refractivity contribution in [3.05, 3.63) is 33.6 Å². The van der Waals surface area contributed by atoms with Crippen molar-refractivity contribution in [1.29, 1.82) is 0 Å². The molecule has 0 spiro atoms. The molecule has 3 rings (SSSR count). The van der Waals surface area contributed by atoms with Gasteiger partial charge in [0, 0.05) is 29.2 Å². The number of thiazole rings is 1. The highest BCUT2D eigenvalue weighted by Crippen LogP contribution is 2.45. The van der Waals surface area contributed by atoms with Crippen LogP contribution < -0.4 is 0 Å². The van der Waals surface area contributed by atoms with E-state index in [0.29, 0.717) is 5.75 Å². The van der Waals surface area contributed by atoms with Crippen molar-refractivity contribution in [3.63, 3.8) is 0 Å². The van der Waals surface area contributed by atoms with Crippen LogP contribution in [0, 0.1) is 0 Å². The Kier molecular flexibility index (Phi) is 6.59. The van der Waals surface area contributed by atoms with Gasteiger partial charge in [0.05, 0.1) is 5.69 Å². The van der Waals surface area contributed by atoms with Gasteiger partial charge >= 0.3 is 0 Å². The topological polar surface area (TPSA) is 42.4 Å². The summed E-state index contributed by atoms with van der Waals surface area (Å²) in [6, 6.07) is 4.22. The standard InChI is InChI=1S/C23H33NO2S.ClH/c1-21(2,3)16-12-15(13-17(19(16)25)22(4,5)6)18-14-27-20(24-18)23(26-7)10-8-9-11-23;/h12-14,25H,8-11H2,1-7H3;1H. The Bertz CT molecular complexity index is 789. The van der Waals surface area contributed by atoms with Crippen molar-refractivity contribution >= 4 is 23.7 Å². The van der Waals surface area contributed by atoms with Gasteiger partial charge < -0.3 is 9.84 Å². The Balaban J connectivity index is 0.00000280. The summed E-state index contributed by atoms with van der Waals surface area (Å²) in [6.45, 7) is 12.9. The molecular formula is C23H34ClNO2S. The minimum Gasteiger partial charge on any atom is -0.507 e. The molecule has 3 nitrogen and oxygen atoms in total. The van der Waals surface area contributed by atoms with Gasteiger partial charge in [0.2, 0.25) is 0 Å². The lowest BCUT2D eigenvalue weighted by Crippen LogP contribution is -2.24. The van der Waals surface area contributed by atoms with Gasteiger partial charge in [-0.25, -0.2) is 4.98 Å². The second-order valence-corrected chi connectivity index (χ2v) is 10.7. The summed E-state index contributed by atoms with van der Waals surface area (Å²) in [5, 5.41) is 14.2. The van der Waals surface area contributed by atoms with Crippen LogP contribution in [-0.4, -0.2) is 17.2 Å². The quantitative estimate of drug-likeness (QED) is 0.580. The number of halogens is 1. The van der Waals surface area contributed by atoms with Crippen LogP contribution in [0.25, 0.3) is 11.3 Å². The smallest absolute Gasteiger partial charge is 0.125 e. The molecule has 1 saturated carbocycles. The van der Waals surface area contributed by atoms with Gasteiger partial charge in [-0.05, 0) is 35.8 Å². The molecule has 0 unspecified atom stereocenters. The lowest BCUT2D eigenvalue weighted by Gasteiger charge is -2.28. The Morgan fingerprint density at radius 1 is 1.00 bits per heavy atom. The number of hydrogen-bond acceptors (Lipinski definition) is 4. The number of aromatic nitrogens is 1. The molecule has 0 atom stereocenters. The van der Waals surface area contributed by atoms with Crippen LogP contribution in [-0.2, 0) is 21.2 Å². The molecule has 0 amide bonds. The van der Waals surface area contributed by atoms with E-state index in [9.17, 15) is 5.11 Å². The molecule has 0 radical (unpaired) electrons. The monoisotopic (exact) mass is 423 g/mol. The third-order valence-corrected chi connectivity index (χ3v) is 6.75. The summed E-state index contributed by atoms with van der Waals surface area (Å²) in [6.07, 6.45) is 4.49. The normalized spacial score (nSPS) is 16.8. The first-order valence-electron chi connectivity index (χ1n) is 9.87. The van der Waals surface area contributed by atoms with Gasteiger partial charge in [-0.15, -0.1) is 23.7 Å². The average Bonchev–Trinajstić information content (AvgIpc) is 3.22. The molecule has 1 aromatic heterocycles. The maximum absolute atomic E-state index is 11.0. The van der Waals surface area contributed by atoms with Crippen molar-refractivity contribution in [3.8, 4) is 17.0 Å². The molecule has 156 valence electrons. The third kappa shape index (κ3) is 4.24. The summed E-state index contributed by atoms with van der Waals surface area (Å²) in [4.78, 5) is 4.99. The molecule has 0 aliphatic heterocycles. The number of rotatable bonds is 3. The van der Waals surface area contributed by atoms with Crippen LogP contribution in [0.3, 0.4) is 0 Å². The Hall–Kier alpha value is -1.10. The molecule has 1 aliphatic carbocycles. The van der Waals surface area contributed by atoms with Crippen molar-refractivity contribution in [2.45, 2.75) is 83.7 Å². The van der Waals surface area contributed by atoms with Crippen molar-refractivity contribution in [1.82, 2.24) is 4.98 Å². The molecule has 1 fully saturated rings. The number of phenolic OH excluding ortho intramolecular Hbond substituents is 1. The van der Waals surface area contributed by atoms with E-state index in [0.717, 1.165) is 40.2 Å². The van der Waals surface area contributed by atoms with Crippen molar-refractivity contribution in [2.75, 3.05) is 7.11 Å². The number of benzene rings is 1. The zero-order chi connectivity index (χ0) is 20.0. The highest BCUT2D eigenvalue weighted by Gasteiger charge is 2.38. The van der Waals surface area contributed by atoms with Gasteiger partial charge in [0.25, 0.3) is 0 Å². The summed E-state index contributed by atoms with van der Waals surface area (Å²) in [5.74, 6) is 0.415. The highest BCUT2D eigenvalue weighted by molar-refractivity contribution is 7.10. The van der Waals surface area contributed by atoms with Gasteiger partial charge in [-0.1, -0.05) is 54.4 Å². The molecule has 1 N–H and O–H groups in total. The van der Waals surface area contributed by atoms with E-state index in [2.05, 4.69) is 59.1 Å². The molecule has 1 aromatic carbocycles. The van der Waals surface area contributed by atoms with Gasteiger partial charge in [0.15, 0.2) is 0 Å². The summed E-state index contributed by atoms with van der Waals surface area (Å²) in [5.41, 5.74) is 3.52. The first-order chi connectivity index (χ1) is 12.5. The number of methoxy groups -OCH3 is 1. The van der Waals surface area contributed by atoms with Crippen LogP contribution >= 0.6 is 23.7 Å². The minimum absolute atomic E-state index is 0.